The van der Waals surface area contributed by atoms with Crippen LogP contribution in [0.4, 0.5) is 4.79 Å². The summed E-state index contributed by atoms with van der Waals surface area (Å²) in [6.07, 6.45) is 1.39. The van der Waals surface area contributed by atoms with Gasteiger partial charge in [-0.25, -0.2) is 4.79 Å². The molecule has 0 aliphatic heterocycles. The van der Waals surface area contributed by atoms with Gasteiger partial charge in [0.2, 0.25) is 0 Å². The van der Waals surface area contributed by atoms with Crippen LogP contribution in [0.5, 0.6) is 0 Å². The number of nitrogens with one attached hydrogen (secondary N) is 2. The summed E-state index contributed by atoms with van der Waals surface area (Å²) in [5.41, 5.74) is 1.08. The number of urea groups is 1. The first-order valence-corrected chi connectivity index (χ1v) is 8.16. The largest absolute Gasteiger partial charge is 0.467 e. The van der Waals surface area contributed by atoms with Gasteiger partial charge in [0, 0.05) is 6.04 Å². The lowest BCUT2D eigenvalue weighted by Crippen LogP contribution is -2.49. The maximum absolute atomic E-state index is 12.2. The van der Waals surface area contributed by atoms with Crippen LogP contribution < -0.4 is 10.6 Å². The van der Waals surface area contributed by atoms with Crippen molar-refractivity contribution in [2.75, 3.05) is 6.54 Å². The van der Waals surface area contributed by atoms with Crippen molar-refractivity contribution in [2.24, 2.45) is 5.41 Å². The Kier molecular flexibility index (Phi) is 6.04. The smallest absolute Gasteiger partial charge is 0.315 e. The number of amides is 2. The van der Waals surface area contributed by atoms with E-state index in [4.69, 9.17) is 4.42 Å². The second-order valence-corrected chi connectivity index (χ2v) is 6.99. The Morgan fingerprint density at radius 2 is 1.88 bits per heavy atom. The van der Waals surface area contributed by atoms with E-state index in [2.05, 4.69) is 43.5 Å². The summed E-state index contributed by atoms with van der Waals surface area (Å²) in [6.45, 7) is 6.39. The Morgan fingerprint density at radius 1 is 1.17 bits per heavy atom. The van der Waals surface area contributed by atoms with Crippen molar-refractivity contribution in [3.63, 3.8) is 0 Å². The monoisotopic (exact) mass is 330 g/mol. The van der Waals surface area contributed by atoms with Crippen LogP contribution in [0.1, 0.15) is 38.2 Å². The third-order valence-corrected chi connectivity index (χ3v) is 3.96. The van der Waals surface area contributed by atoms with Gasteiger partial charge in [0.1, 0.15) is 11.9 Å². The highest BCUT2D eigenvalue weighted by atomic mass is 16.4. The van der Waals surface area contributed by atoms with Crippen LogP contribution in [0.3, 0.4) is 0 Å². The van der Waals surface area contributed by atoms with E-state index in [0.717, 1.165) is 6.42 Å². The predicted octanol–water partition coefficient (Wildman–Crippen LogP) is 3.27. The van der Waals surface area contributed by atoms with Gasteiger partial charge in [-0.3, -0.25) is 0 Å². The number of aliphatic hydroxyl groups excluding tert-OH is 1. The summed E-state index contributed by atoms with van der Waals surface area (Å²) in [5.74, 6) is 0.437. The molecule has 0 saturated heterocycles. The molecule has 3 N–H and O–H groups in total. The number of carbonyl (C=O) groups excluding carboxylic acids is 1. The molecule has 0 radical (unpaired) electrons. The summed E-state index contributed by atoms with van der Waals surface area (Å²) >= 11 is 0. The quantitative estimate of drug-likeness (QED) is 0.761. The first kappa shape index (κ1) is 18.1. The first-order valence-electron chi connectivity index (χ1n) is 8.16. The van der Waals surface area contributed by atoms with E-state index in [-0.39, 0.29) is 24.0 Å². The number of aliphatic hydroxyl groups is 1. The average Bonchev–Trinajstić information content (AvgIpc) is 3.06. The second kappa shape index (κ2) is 8.02. The number of rotatable bonds is 6. The molecular formula is C19H26N2O3. The minimum Gasteiger partial charge on any atom is -0.467 e. The van der Waals surface area contributed by atoms with Crippen molar-refractivity contribution in [3.05, 3.63) is 60.1 Å². The molecule has 130 valence electrons. The van der Waals surface area contributed by atoms with Gasteiger partial charge < -0.3 is 20.2 Å². The van der Waals surface area contributed by atoms with Gasteiger partial charge in [0.25, 0.3) is 0 Å². The predicted molar refractivity (Wildman–Crippen MR) is 93.6 cm³/mol. The number of hydrogen-bond donors (Lipinski definition) is 3. The summed E-state index contributed by atoms with van der Waals surface area (Å²) in [4.78, 5) is 12.2. The molecule has 5 nitrogen and oxygen atoms in total. The van der Waals surface area contributed by atoms with Gasteiger partial charge in [-0.2, -0.15) is 0 Å². The molecule has 0 aliphatic carbocycles. The maximum atomic E-state index is 12.2. The van der Waals surface area contributed by atoms with Gasteiger partial charge in [-0.1, -0.05) is 51.1 Å². The van der Waals surface area contributed by atoms with E-state index in [1.54, 1.807) is 12.1 Å². The molecule has 2 amide bonds. The van der Waals surface area contributed by atoms with Crippen LogP contribution >= 0.6 is 0 Å². The topological polar surface area (TPSA) is 74.5 Å². The molecule has 2 atom stereocenters. The lowest BCUT2D eigenvalue weighted by Gasteiger charge is -2.32. The minimum atomic E-state index is -0.854. The summed E-state index contributed by atoms with van der Waals surface area (Å²) < 4.78 is 5.12. The van der Waals surface area contributed by atoms with E-state index in [1.807, 2.05) is 18.2 Å². The molecule has 5 heteroatoms. The van der Waals surface area contributed by atoms with Crippen LogP contribution in [0.15, 0.2) is 53.1 Å². The maximum Gasteiger partial charge on any atom is 0.315 e. The standard InChI is InChI=1S/C19H26N2O3/c1-19(2,3)17(12-14-8-5-4-6-9-14)21-18(23)20-13-15(22)16-10-7-11-24-16/h4-11,15,17,22H,12-13H2,1-3H3,(H2,20,21,23). The van der Waals surface area contributed by atoms with E-state index >= 15 is 0 Å². The van der Waals surface area contributed by atoms with Crippen LogP contribution in [-0.2, 0) is 6.42 Å². The number of carbonyl (C=O) groups is 1. The van der Waals surface area contributed by atoms with Gasteiger partial charge in [-0.05, 0) is 29.5 Å². The SMILES string of the molecule is CC(C)(C)C(Cc1ccccc1)NC(=O)NCC(O)c1ccco1. The Bertz CT molecular complexity index is 618. The number of hydrogen-bond acceptors (Lipinski definition) is 3. The molecule has 0 aliphatic rings. The highest BCUT2D eigenvalue weighted by Crippen LogP contribution is 2.22. The fraction of sp³-hybridized carbons (Fsp3) is 0.421. The third kappa shape index (κ3) is 5.42. The van der Waals surface area contributed by atoms with Crippen molar-refractivity contribution >= 4 is 6.03 Å². The van der Waals surface area contributed by atoms with Crippen LogP contribution in [-0.4, -0.2) is 23.7 Å². The van der Waals surface area contributed by atoms with Crippen LogP contribution in [0.2, 0.25) is 0 Å². The van der Waals surface area contributed by atoms with Crippen LogP contribution in [0, 0.1) is 5.41 Å². The summed E-state index contributed by atoms with van der Waals surface area (Å²) in [7, 11) is 0. The number of furan rings is 1. The molecule has 2 unspecified atom stereocenters. The lowest BCUT2D eigenvalue weighted by atomic mass is 9.83. The average molecular weight is 330 g/mol. The molecule has 0 saturated carbocycles. The molecule has 1 aromatic carbocycles. The molecule has 0 spiro atoms. The second-order valence-electron chi connectivity index (χ2n) is 6.99. The van der Waals surface area contributed by atoms with Crippen molar-refractivity contribution < 1.29 is 14.3 Å². The fourth-order valence-electron chi connectivity index (χ4n) is 2.40. The Labute approximate surface area is 143 Å². The molecule has 1 aromatic heterocycles. The minimum absolute atomic E-state index is 0.0272. The lowest BCUT2D eigenvalue weighted by molar-refractivity contribution is 0.146. The molecule has 2 aromatic rings. The fourth-order valence-corrected chi connectivity index (χ4v) is 2.40. The van der Waals surface area contributed by atoms with Crippen molar-refractivity contribution in [2.45, 2.75) is 39.3 Å². The van der Waals surface area contributed by atoms with E-state index in [1.165, 1.54) is 11.8 Å². The van der Waals surface area contributed by atoms with Gasteiger partial charge >= 0.3 is 6.03 Å². The van der Waals surface area contributed by atoms with Crippen molar-refractivity contribution in [1.82, 2.24) is 10.6 Å². The van der Waals surface area contributed by atoms with Crippen molar-refractivity contribution in [3.8, 4) is 0 Å². The molecule has 1 heterocycles. The van der Waals surface area contributed by atoms with Gasteiger partial charge in [-0.15, -0.1) is 0 Å². The Balaban J connectivity index is 1.90. The zero-order valence-corrected chi connectivity index (χ0v) is 14.5. The van der Waals surface area contributed by atoms with E-state index < -0.39 is 6.10 Å². The molecule has 24 heavy (non-hydrogen) atoms. The third-order valence-electron chi connectivity index (χ3n) is 3.96. The molecule has 0 fully saturated rings. The van der Waals surface area contributed by atoms with Gasteiger partial charge in [0.05, 0.1) is 12.8 Å². The van der Waals surface area contributed by atoms with Crippen molar-refractivity contribution in [1.29, 1.82) is 0 Å². The number of benzene rings is 1. The summed E-state index contributed by atoms with van der Waals surface area (Å²) in [6, 6.07) is 13.1. The highest BCUT2D eigenvalue weighted by molar-refractivity contribution is 5.74. The van der Waals surface area contributed by atoms with Gasteiger partial charge in [0.15, 0.2) is 0 Å². The Hall–Kier alpha value is -2.27. The first-order chi connectivity index (χ1) is 11.4. The molecule has 0 bridgehead atoms. The van der Waals surface area contributed by atoms with Crippen LogP contribution in [0.25, 0.3) is 0 Å². The van der Waals surface area contributed by atoms with E-state index in [9.17, 15) is 9.90 Å². The molecule has 2 rings (SSSR count). The highest BCUT2D eigenvalue weighted by Gasteiger charge is 2.26. The molecular weight excluding hydrogens is 304 g/mol. The normalized spacial score (nSPS) is 14.0. The Morgan fingerprint density at radius 3 is 2.46 bits per heavy atom. The summed E-state index contributed by atoms with van der Waals surface area (Å²) in [5, 5.41) is 15.7. The van der Waals surface area contributed by atoms with E-state index in [0.29, 0.717) is 5.76 Å². The zero-order valence-electron chi connectivity index (χ0n) is 14.5. The zero-order chi connectivity index (χ0) is 17.6.